The van der Waals surface area contributed by atoms with Crippen molar-refractivity contribution >= 4 is 5.91 Å². The van der Waals surface area contributed by atoms with Gasteiger partial charge in [-0.05, 0) is 18.4 Å². The van der Waals surface area contributed by atoms with Gasteiger partial charge in [-0.1, -0.05) is 30.3 Å². The summed E-state index contributed by atoms with van der Waals surface area (Å²) in [7, 11) is 0. The lowest BCUT2D eigenvalue weighted by atomic mass is 10.1. The summed E-state index contributed by atoms with van der Waals surface area (Å²) in [6, 6.07) is 9.59. The van der Waals surface area contributed by atoms with Crippen molar-refractivity contribution < 1.29 is 9.53 Å². The second-order valence-electron chi connectivity index (χ2n) is 4.26. The smallest absolute Gasteiger partial charge is 0.249 e. The number of rotatable bonds is 4. The Labute approximate surface area is 101 Å². The van der Waals surface area contributed by atoms with Gasteiger partial charge in [-0.2, -0.15) is 0 Å². The monoisotopic (exact) mass is 234 g/mol. The molecule has 3 N–H and O–H groups in total. The minimum absolute atomic E-state index is 0.0473. The maximum Gasteiger partial charge on any atom is 0.249 e. The molecule has 0 aromatic heterocycles. The predicted molar refractivity (Wildman–Crippen MR) is 65.4 cm³/mol. The largest absolute Gasteiger partial charge is 0.368 e. The first-order chi connectivity index (χ1) is 8.27. The topological polar surface area (TPSA) is 64.3 Å². The zero-order valence-corrected chi connectivity index (χ0v) is 9.76. The van der Waals surface area contributed by atoms with Gasteiger partial charge in [-0.25, -0.2) is 0 Å². The number of hydrogen-bond acceptors (Lipinski definition) is 3. The Balaban J connectivity index is 1.80. The molecule has 0 bridgehead atoms. The lowest BCUT2D eigenvalue weighted by Gasteiger charge is -2.15. The van der Waals surface area contributed by atoms with Gasteiger partial charge >= 0.3 is 0 Å². The number of ether oxygens (including phenoxy) is 1. The Hall–Kier alpha value is -1.39. The molecule has 1 heterocycles. The van der Waals surface area contributed by atoms with Crippen LogP contribution in [0, 0.1) is 0 Å². The number of carbonyl (C=O) groups is 1. The van der Waals surface area contributed by atoms with Gasteiger partial charge in [-0.3, -0.25) is 4.79 Å². The van der Waals surface area contributed by atoms with Crippen molar-refractivity contribution in [1.82, 2.24) is 5.32 Å². The van der Waals surface area contributed by atoms with Crippen molar-refractivity contribution in [2.24, 2.45) is 5.73 Å². The van der Waals surface area contributed by atoms with E-state index in [0.717, 1.165) is 18.4 Å². The third-order valence-corrected chi connectivity index (χ3v) is 2.95. The van der Waals surface area contributed by atoms with Crippen molar-refractivity contribution in [2.45, 2.75) is 25.0 Å². The molecule has 1 aromatic carbocycles. The van der Waals surface area contributed by atoms with Gasteiger partial charge in [-0.15, -0.1) is 0 Å². The van der Waals surface area contributed by atoms with Crippen LogP contribution in [0.25, 0.3) is 0 Å². The number of nitrogens with two attached hydrogens (primary N) is 1. The summed E-state index contributed by atoms with van der Waals surface area (Å²) in [6.07, 6.45) is 1.49. The van der Waals surface area contributed by atoms with Crippen LogP contribution in [0.1, 0.15) is 24.4 Å². The lowest BCUT2D eigenvalue weighted by molar-refractivity contribution is -0.130. The quantitative estimate of drug-likeness (QED) is 0.816. The van der Waals surface area contributed by atoms with Gasteiger partial charge in [0.25, 0.3) is 0 Å². The molecule has 1 saturated heterocycles. The van der Waals surface area contributed by atoms with E-state index in [-0.39, 0.29) is 18.1 Å². The normalized spacial score (nSPS) is 21.1. The third-order valence-electron chi connectivity index (χ3n) is 2.95. The lowest BCUT2D eigenvalue weighted by Crippen LogP contribution is -2.38. The molecular weight excluding hydrogens is 216 g/mol. The van der Waals surface area contributed by atoms with E-state index in [4.69, 9.17) is 10.5 Å². The minimum atomic E-state index is -0.280. The van der Waals surface area contributed by atoms with E-state index >= 15 is 0 Å². The van der Waals surface area contributed by atoms with Crippen molar-refractivity contribution in [3.8, 4) is 0 Å². The average Bonchev–Trinajstić information content (AvgIpc) is 2.90. The molecule has 2 rings (SSSR count). The van der Waals surface area contributed by atoms with Gasteiger partial charge in [0.15, 0.2) is 0 Å². The Morgan fingerprint density at radius 3 is 2.88 bits per heavy atom. The first-order valence-electron chi connectivity index (χ1n) is 5.97. The summed E-state index contributed by atoms with van der Waals surface area (Å²) in [6.45, 7) is 1.13. The van der Waals surface area contributed by atoms with Crippen molar-refractivity contribution in [1.29, 1.82) is 0 Å². The van der Waals surface area contributed by atoms with Crippen LogP contribution in [0.15, 0.2) is 30.3 Å². The van der Waals surface area contributed by atoms with Gasteiger partial charge < -0.3 is 15.8 Å². The van der Waals surface area contributed by atoms with Crippen molar-refractivity contribution in [3.63, 3.8) is 0 Å². The highest BCUT2D eigenvalue weighted by Crippen LogP contribution is 2.12. The molecular formula is C13H18N2O2. The number of amides is 1. The van der Waals surface area contributed by atoms with Gasteiger partial charge in [0.1, 0.15) is 6.10 Å². The van der Waals surface area contributed by atoms with E-state index in [1.54, 1.807) is 0 Å². The molecule has 2 atom stereocenters. The molecule has 0 spiro atoms. The highest BCUT2D eigenvalue weighted by atomic mass is 16.5. The van der Waals surface area contributed by atoms with Gasteiger partial charge in [0, 0.05) is 19.2 Å². The second-order valence-corrected chi connectivity index (χ2v) is 4.26. The molecule has 1 unspecified atom stereocenters. The highest BCUT2D eigenvalue weighted by Gasteiger charge is 2.23. The van der Waals surface area contributed by atoms with Gasteiger partial charge in [0.05, 0.1) is 0 Å². The van der Waals surface area contributed by atoms with Crippen molar-refractivity contribution in [3.05, 3.63) is 35.9 Å². The van der Waals surface area contributed by atoms with E-state index in [2.05, 4.69) is 5.32 Å². The fraction of sp³-hybridized carbons (Fsp3) is 0.462. The Bertz CT molecular complexity index is 361. The molecule has 0 aliphatic carbocycles. The molecule has 1 fully saturated rings. The standard InChI is InChI=1S/C13H18N2O2/c14-11(10-5-2-1-3-6-10)9-15-13(16)12-7-4-8-17-12/h1-3,5-6,11-12H,4,7-9,14H2,(H,15,16)/t11?,12-/m0/s1. The van der Waals surface area contributed by atoms with E-state index in [9.17, 15) is 4.79 Å². The van der Waals surface area contributed by atoms with Crippen molar-refractivity contribution in [2.75, 3.05) is 13.2 Å². The van der Waals surface area contributed by atoms with Crippen LogP contribution < -0.4 is 11.1 Å². The van der Waals surface area contributed by atoms with E-state index in [1.165, 1.54) is 0 Å². The minimum Gasteiger partial charge on any atom is -0.368 e. The fourth-order valence-corrected chi connectivity index (χ4v) is 1.93. The number of carbonyl (C=O) groups excluding carboxylic acids is 1. The van der Waals surface area contributed by atoms with Crippen LogP contribution in [-0.2, 0) is 9.53 Å². The second kappa shape index (κ2) is 5.80. The summed E-state index contributed by atoms with van der Waals surface area (Å²) >= 11 is 0. The van der Waals surface area contributed by atoms with Crippen LogP contribution in [0.4, 0.5) is 0 Å². The maximum absolute atomic E-state index is 11.7. The molecule has 0 saturated carbocycles. The van der Waals surface area contributed by atoms with Crippen LogP contribution in [-0.4, -0.2) is 25.2 Å². The summed E-state index contributed by atoms with van der Waals surface area (Å²) in [5.41, 5.74) is 7.01. The zero-order valence-electron chi connectivity index (χ0n) is 9.76. The molecule has 0 radical (unpaired) electrons. The molecule has 92 valence electrons. The highest BCUT2D eigenvalue weighted by molar-refractivity contribution is 5.81. The summed E-state index contributed by atoms with van der Waals surface area (Å²) in [4.78, 5) is 11.7. The van der Waals surface area contributed by atoms with Crippen LogP contribution in [0.5, 0.6) is 0 Å². The molecule has 4 nitrogen and oxygen atoms in total. The number of benzene rings is 1. The molecule has 1 aliphatic rings. The average molecular weight is 234 g/mol. The fourth-order valence-electron chi connectivity index (χ4n) is 1.93. The predicted octanol–water partition coefficient (Wildman–Crippen LogP) is 0.982. The summed E-state index contributed by atoms with van der Waals surface area (Å²) < 4.78 is 5.30. The molecule has 1 aromatic rings. The zero-order chi connectivity index (χ0) is 12.1. The molecule has 1 amide bonds. The Morgan fingerprint density at radius 2 is 2.24 bits per heavy atom. The molecule has 1 aliphatic heterocycles. The van der Waals surface area contributed by atoms with E-state index < -0.39 is 0 Å². The Kier molecular flexibility index (Phi) is 4.12. The Morgan fingerprint density at radius 1 is 1.47 bits per heavy atom. The maximum atomic E-state index is 11.7. The summed E-state index contributed by atoms with van der Waals surface area (Å²) in [5.74, 6) is -0.0473. The first-order valence-corrected chi connectivity index (χ1v) is 5.97. The van der Waals surface area contributed by atoms with Crippen LogP contribution in [0.2, 0.25) is 0 Å². The van der Waals surface area contributed by atoms with Crippen LogP contribution >= 0.6 is 0 Å². The van der Waals surface area contributed by atoms with Gasteiger partial charge in [0.2, 0.25) is 5.91 Å². The van der Waals surface area contributed by atoms with E-state index in [0.29, 0.717) is 13.2 Å². The van der Waals surface area contributed by atoms with E-state index in [1.807, 2.05) is 30.3 Å². The summed E-state index contributed by atoms with van der Waals surface area (Å²) in [5, 5.41) is 2.83. The number of hydrogen-bond donors (Lipinski definition) is 2. The number of nitrogens with one attached hydrogen (secondary N) is 1. The molecule has 17 heavy (non-hydrogen) atoms. The first kappa shape index (κ1) is 12.1. The SMILES string of the molecule is NC(CNC(=O)[C@@H]1CCCO1)c1ccccc1. The third kappa shape index (κ3) is 3.28. The van der Waals surface area contributed by atoms with Crippen LogP contribution in [0.3, 0.4) is 0 Å². The molecule has 4 heteroatoms.